The SMILES string of the molecule is C[C@@H]1CN(C(=O)NCc2ccc(Br)s2)CC(=O)N1C. The number of nitrogens with one attached hydrogen (secondary N) is 1. The number of likely N-dealkylation sites (N-methyl/N-ethyl adjacent to an activating group) is 1. The number of carbonyl (C=O) groups is 2. The third-order valence-corrected chi connectivity index (χ3v) is 4.82. The van der Waals surface area contributed by atoms with Gasteiger partial charge in [0.25, 0.3) is 0 Å². The predicted molar refractivity (Wildman–Crippen MR) is 78.1 cm³/mol. The first-order valence-corrected chi connectivity index (χ1v) is 7.61. The van der Waals surface area contributed by atoms with Gasteiger partial charge in [0.05, 0.1) is 10.3 Å². The smallest absolute Gasteiger partial charge is 0.318 e. The van der Waals surface area contributed by atoms with Crippen LogP contribution in [0.5, 0.6) is 0 Å². The van der Waals surface area contributed by atoms with E-state index < -0.39 is 0 Å². The normalized spacial score (nSPS) is 19.7. The summed E-state index contributed by atoms with van der Waals surface area (Å²) in [6, 6.07) is 3.79. The molecule has 1 aromatic heterocycles. The average molecular weight is 346 g/mol. The summed E-state index contributed by atoms with van der Waals surface area (Å²) in [4.78, 5) is 28.0. The van der Waals surface area contributed by atoms with E-state index in [1.807, 2.05) is 19.1 Å². The van der Waals surface area contributed by atoms with Gasteiger partial charge in [-0.25, -0.2) is 4.79 Å². The summed E-state index contributed by atoms with van der Waals surface area (Å²) in [6.07, 6.45) is 0. The van der Waals surface area contributed by atoms with E-state index >= 15 is 0 Å². The third-order valence-electron chi connectivity index (χ3n) is 3.20. The van der Waals surface area contributed by atoms with Crippen molar-refractivity contribution in [2.75, 3.05) is 20.1 Å². The Bertz CT molecular complexity index is 491. The summed E-state index contributed by atoms with van der Waals surface area (Å²) < 4.78 is 1.04. The lowest BCUT2D eigenvalue weighted by molar-refractivity contribution is -0.135. The highest BCUT2D eigenvalue weighted by Crippen LogP contribution is 2.21. The predicted octanol–water partition coefficient (Wildman–Crippen LogP) is 1.88. The van der Waals surface area contributed by atoms with Crippen molar-refractivity contribution in [3.05, 3.63) is 20.8 Å². The van der Waals surface area contributed by atoms with Crippen molar-refractivity contribution in [3.8, 4) is 0 Å². The van der Waals surface area contributed by atoms with Crippen LogP contribution in [0.2, 0.25) is 0 Å². The summed E-state index contributed by atoms with van der Waals surface area (Å²) in [7, 11) is 1.77. The van der Waals surface area contributed by atoms with Crippen LogP contribution in [0.3, 0.4) is 0 Å². The molecule has 1 aromatic rings. The van der Waals surface area contributed by atoms with Gasteiger partial charge in [-0.05, 0) is 35.0 Å². The number of nitrogens with zero attached hydrogens (tertiary/aromatic N) is 2. The number of rotatable bonds is 2. The van der Waals surface area contributed by atoms with E-state index in [1.165, 1.54) is 0 Å². The highest BCUT2D eigenvalue weighted by molar-refractivity contribution is 9.11. The Labute approximate surface area is 124 Å². The van der Waals surface area contributed by atoms with Gasteiger partial charge in [-0.15, -0.1) is 11.3 Å². The zero-order chi connectivity index (χ0) is 14.0. The van der Waals surface area contributed by atoms with Crippen LogP contribution in [0, 0.1) is 0 Å². The zero-order valence-electron chi connectivity index (χ0n) is 10.9. The highest BCUT2D eigenvalue weighted by Gasteiger charge is 2.29. The van der Waals surface area contributed by atoms with Gasteiger partial charge >= 0.3 is 6.03 Å². The fourth-order valence-corrected chi connectivity index (χ4v) is 3.33. The quantitative estimate of drug-likeness (QED) is 0.889. The maximum atomic E-state index is 12.0. The van der Waals surface area contributed by atoms with E-state index in [4.69, 9.17) is 0 Å². The first-order valence-electron chi connectivity index (χ1n) is 6.00. The first-order chi connectivity index (χ1) is 8.97. The fourth-order valence-electron chi connectivity index (χ4n) is 1.90. The minimum absolute atomic E-state index is 0.0206. The van der Waals surface area contributed by atoms with Gasteiger partial charge in [-0.2, -0.15) is 0 Å². The minimum atomic E-state index is -0.183. The molecule has 0 aliphatic carbocycles. The van der Waals surface area contributed by atoms with Crippen LogP contribution in [0.15, 0.2) is 15.9 Å². The number of thiophene rings is 1. The molecule has 0 bridgehead atoms. The lowest BCUT2D eigenvalue weighted by Gasteiger charge is -2.37. The molecule has 1 saturated heterocycles. The molecule has 1 atom stereocenters. The monoisotopic (exact) mass is 345 g/mol. The highest BCUT2D eigenvalue weighted by atomic mass is 79.9. The summed E-state index contributed by atoms with van der Waals surface area (Å²) in [5.74, 6) is -0.0206. The molecule has 0 unspecified atom stereocenters. The number of urea groups is 1. The Morgan fingerprint density at radius 1 is 1.58 bits per heavy atom. The molecule has 0 spiro atoms. The van der Waals surface area contributed by atoms with Crippen molar-refractivity contribution in [3.63, 3.8) is 0 Å². The molecular formula is C12H16BrN3O2S. The molecule has 19 heavy (non-hydrogen) atoms. The van der Waals surface area contributed by atoms with Gasteiger partial charge < -0.3 is 15.1 Å². The molecular weight excluding hydrogens is 330 g/mol. The standard InChI is InChI=1S/C12H16BrN3O2S/c1-8-6-16(7-11(17)15(8)2)12(18)14-5-9-3-4-10(13)19-9/h3-4,8H,5-7H2,1-2H3,(H,14,18)/t8-/m1/s1. The zero-order valence-corrected chi connectivity index (χ0v) is 13.3. The number of hydrogen-bond acceptors (Lipinski definition) is 3. The van der Waals surface area contributed by atoms with Crippen LogP contribution in [-0.2, 0) is 11.3 Å². The molecule has 0 saturated carbocycles. The van der Waals surface area contributed by atoms with E-state index in [1.54, 1.807) is 28.2 Å². The van der Waals surface area contributed by atoms with E-state index in [2.05, 4.69) is 21.2 Å². The topological polar surface area (TPSA) is 52.7 Å². The Morgan fingerprint density at radius 2 is 2.32 bits per heavy atom. The van der Waals surface area contributed by atoms with Gasteiger partial charge in [0, 0.05) is 24.5 Å². The van der Waals surface area contributed by atoms with Crippen molar-refractivity contribution < 1.29 is 9.59 Å². The second-order valence-corrected chi connectivity index (χ2v) is 7.15. The van der Waals surface area contributed by atoms with Crippen LogP contribution in [0.25, 0.3) is 0 Å². The Balaban J connectivity index is 1.88. The lowest BCUT2D eigenvalue weighted by atomic mass is 10.2. The molecule has 0 aromatic carbocycles. The number of halogens is 1. The second kappa shape index (κ2) is 5.92. The molecule has 1 fully saturated rings. The van der Waals surface area contributed by atoms with E-state index in [0.717, 1.165) is 8.66 Å². The number of amides is 3. The Kier molecular flexibility index (Phi) is 4.46. The third kappa shape index (κ3) is 3.48. The van der Waals surface area contributed by atoms with Crippen LogP contribution in [0.1, 0.15) is 11.8 Å². The summed E-state index contributed by atoms with van der Waals surface area (Å²) in [5, 5.41) is 2.84. The molecule has 1 aliphatic heterocycles. The van der Waals surface area contributed by atoms with E-state index in [0.29, 0.717) is 13.1 Å². The molecule has 0 radical (unpaired) electrons. The maximum Gasteiger partial charge on any atom is 0.318 e. The minimum Gasteiger partial charge on any atom is -0.340 e. The van der Waals surface area contributed by atoms with E-state index in [-0.39, 0.29) is 24.5 Å². The summed E-state index contributed by atoms with van der Waals surface area (Å²) >= 11 is 4.97. The van der Waals surface area contributed by atoms with Gasteiger partial charge in [0.1, 0.15) is 6.54 Å². The number of hydrogen-bond donors (Lipinski definition) is 1. The average Bonchev–Trinajstić information content (AvgIpc) is 2.78. The van der Waals surface area contributed by atoms with Crippen molar-refractivity contribution in [1.29, 1.82) is 0 Å². The van der Waals surface area contributed by atoms with Crippen molar-refractivity contribution in [2.45, 2.75) is 19.5 Å². The van der Waals surface area contributed by atoms with Crippen molar-refractivity contribution in [1.82, 2.24) is 15.1 Å². The van der Waals surface area contributed by atoms with Crippen LogP contribution < -0.4 is 5.32 Å². The molecule has 2 rings (SSSR count). The fraction of sp³-hybridized carbons (Fsp3) is 0.500. The van der Waals surface area contributed by atoms with Crippen LogP contribution >= 0.6 is 27.3 Å². The molecule has 7 heteroatoms. The van der Waals surface area contributed by atoms with Crippen LogP contribution in [-0.4, -0.2) is 47.9 Å². The summed E-state index contributed by atoms with van der Waals surface area (Å²) in [5.41, 5.74) is 0. The van der Waals surface area contributed by atoms with Crippen molar-refractivity contribution in [2.24, 2.45) is 0 Å². The van der Waals surface area contributed by atoms with Crippen LogP contribution in [0.4, 0.5) is 4.79 Å². The van der Waals surface area contributed by atoms with Gasteiger partial charge in [0.15, 0.2) is 0 Å². The number of carbonyl (C=O) groups excluding carboxylic acids is 2. The molecule has 2 heterocycles. The molecule has 104 valence electrons. The Hall–Kier alpha value is -1.08. The van der Waals surface area contributed by atoms with Gasteiger partial charge in [0.2, 0.25) is 5.91 Å². The van der Waals surface area contributed by atoms with Gasteiger partial charge in [-0.3, -0.25) is 4.79 Å². The van der Waals surface area contributed by atoms with Gasteiger partial charge in [-0.1, -0.05) is 0 Å². The Morgan fingerprint density at radius 3 is 2.89 bits per heavy atom. The van der Waals surface area contributed by atoms with E-state index in [9.17, 15) is 9.59 Å². The molecule has 1 aliphatic rings. The molecule has 5 nitrogen and oxygen atoms in total. The molecule has 3 amide bonds. The molecule has 1 N–H and O–H groups in total. The maximum absolute atomic E-state index is 12.0. The second-order valence-electron chi connectivity index (χ2n) is 4.60. The number of piperazine rings is 1. The van der Waals surface area contributed by atoms with Crippen molar-refractivity contribution >= 4 is 39.2 Å². The first kappa shape index (κ1) is 14.3. The summed E-state index contributed by atoms with van der Waals surface area (Å²) in [6.45, 7) is 3.15. The largest absolute Gasteiger partial charge is 0.340 e. The lowest BCUT2D eigenvalue weighted by Crippen LogP contribution is -2.57.